The zero-order valence-electron chi connectivity index (χ0n) is 14.0. The quantitative estimate of drug-likeness (QED) is 0.762. The number of benzene rings is 1. The number of amides is 2. The Morgan fingerprint density at radius 1 is 1.12 bits per heavy atom. The fourth-order valence-electron chi connectivity index (χ4n) is 2.66. The van der Waals surface area contributed by atoms with Gasteiger partial charge in [-0.3, -0.25) is 14.5 Å². The van der Waals surface area contributed by atoms with Crippen molar-refractivity contribution in [3.05, 3.63) is 35.4 Å². The van der Waals surface area contributed by atoms with Crippen molar-refractivity contribution in [1.29, 1.82) is 0 Å². The molecule has 1 aliphatic heterocycles. The summed E-state index contributed by atoms with van der Waals surface area (Å²) in [6.45, 7) is 1.95. The van der Waals surface area contributed by atoms with Gasteiger partial charge in [0.25, 0.3) is 5.91 Å². The monoisotopic (exact) mass is 333 g/mol. The van der Waals surface area contributed by atoms with Crippen LogP contribution in [0.5, 0.6) is 0 Å². The maximum Gasteiger partial charge on any atom is 0.337 e. The highest BCUT2D eigenvalue weighted by atomic mass is 16.5. The van der Waals surface area contributed by atoms with Crippen LogP contribution in [0, 0.1) is 0 Å². The highest BCUT2D eigenvalue weighted by Gasteiger charge is 2.22. The molecule has 24 heavy (non-hydrogen) atoms. The molecule has 0 atom stereocenters. The summed E-state index contributed by atoms with van der Waals surface area (Å²) in [6.07, 6.45) is 1.62. The van der Waals surface area contributed by atoms with Gasteiger partial charge in [0.05, 0.1) is 19.2 Å². The average Bonchev–Trinajstić information content (AvgIpc) is 2.62. The van der Waals surface area contributed by atoms with Crippen molar-refractivity contribution < 1.29 is 19.1 Å². The van der Waals surface area contributed by atoms with Crippen molar-refractivity contribution in [1.82, 2.24) is 15.5 Å². The summed E-state index contributed by atoms with van der Waals surface area (Å²) in [7, 11) is 2.94. The van der Waals surface area contributed by atoms with Crippen molar-refractivity contribution in [2.24, 2.45) is 0 Å². The van der Waals surface area contributed by atoms with Gasteiger partial charge in [-0.25, -0.2) is 4.79 Å². The highest BCUT2D eigenvalue weighted by molar-refractivity contribution is 5.96. The lowest BCUT2D eigenvalue weighted by Crippen LogP contribution is -2.47. The SMILES string of the molecule is CNC(=O)CN1CCC(NC(=O)c2ccc(C(=O)OC)cc2)CC1. The fraction of sp³-hybridized carbons (Fsp3) is 0.471. The van der Waals surface area contributed by atoms with Gasteiger partial charge in [0.1, 0.15) is 0 Å². The number of hydrogen-bond acceptors (Lipinski definition) is 5. The summed E-state index contributed by atoms with van der Waals surface area (Å²) >= 11 is 0. The van der Waals surface area contributed by atoms with Crippen LogP contribution >= 0.6 is 0 Å². The molecule has 0 unspecified atom stereocenters. The number of nitrogens with zero attached hydrogens (tertiary/aromatic N) is 1. The molecule has 0 aliphatic carbocycles. The number of piperidine rings is 1. The average molecular weight is 333 g/mol. The van der Waals surface area contributed by atoms with E-state index in [4.69, 9.17) is 0 Å². The van der Waals surface area contributed by atoms with Crippen LogP contribution in [-0.4, -0.2) is 62.5 Å². The molecule has 0 aromatic heterocycles. The number of carbonyl (C=O) groups is 3. The third-order valence-corrected chi connectivity index (χ3v) is 4.14. The first-order chi connectivity index (χ1) is 11.5. The predicted octanol–water partition coefficient (Wildman–Crippen LogP) is 0.413. The Hall–Kier alpha value is -2.41. The maximum absolute atomic E-state index is 12.3. The smallest absolute Gasteiger partial charge is 0.337 e. The van der Waals surface area contributed by atoms with Crippen molar-refractivity contribution >= 4 is 17.8 Å². The molecule has 7 heteroatoms. The molecule has 1 heterocycles. The van der Waals surface area contributed by atoms with Gasteiger partial charge < -0.3 is 15.4 Å². The molecule has 2 amide bonds. The van der Waals surface area contributed by atoms with E-state index < -0.39 is 5.97 Å². The molecule has 2 rings (SSSR count). The molecule has 0 radical (unpaired) electrons. The minimum Gasteiger partial charge on any atom is -0.465 e. The molecule has 1 aromatic rings. The molecule has 1 aliphatic rings. The predicted molar refractivity (Wildman–Crippen MR) is 88.8 cm³/mol. The molecule has 0 bridgehead atoms. The third kappa shape index (κ3) is 4.79. The van der Waals surface area contributed by atoms with E-state index in [9.17, 15) is 14.4 Å². The first-order valence-electron chi connectivity index (χ1n) is 7.95. The van der Waals surface area contributed by atoms with Crippen molar-refractivity contribution in [2.45, 2.75) is 18.9 Å². The van der Waals surface area contributed by atoms with E-state index in [1.54, 1.807) is 31.3 Å². The fourth-order valence-corrected chi connectivity index (χ4v) is 2.66. The Morgan fingerprint density at radius 2 is 1.71 bits per heavy atom. The summed E-state index contributed by atoms with van der Waals surface area (Å²) < 4.78 is 4.63. The zero-order chi connectivity index (χ0) is 17.5. The van der Waals surface area contributed by atoms with E-state index in [1.807, 2.05) is 0 Å². The molecule has 0 spiro atoms. The number of likely N-dealkylation sites (tertiary alicyclic amines) is 1. The number of esters is 1. The van der Waals surface area contributed by atoms with Gasteiger partial charge in [-0.1, -0.05) is 0 Å². The molecular weight excluding hydrogens is 310 g/mol. The lowest BCUT2D eigenvalue weighted by Gasteiger charge is -2.31. The lowest BCUT2D eigenvalue weighted by atomic mass is 10.0. The lowest BCUT2D eigenvalue weighted by molar-refractivity contribution is -0.122. The highest BCUT2D eigenvalue weighted by Crippen LogP contribution is 2.12. The first kappa shape index (κ1) is 17.9. The van der Waals surface area contributed by atoms with Crippen LogP contribution in [0.1, 0.15) is 33.6 Å². The van der Waals surface area contributed by atoms with Gasteiger partial charge in [0.2, 0.25) is 5.91 Å². The van der Waals surface area contributed by atoms with Crippen LogP contribution in [0.25, 0.3) is 0 Å². The van der Waals surface area contributed by atoms with E-state index in [0.717, 1.165) is 25.9 Å². The van der Waals surface area contributed by atoms with Gasteiger partial charge in [-0.15, -0.1) is 0 Å². The molecule has 1 aromatic carbocycles. The van der Waals surface area contributed by atoms with Crippen LogP contribution < -0.4 is 10.6 Å². The Labute approximate surface area is 141 Å². The van der Waals surface area contributed by atoms with Crippen LogP contribution in [0.2, 0.25) is 0 Å². The van der Waals surface area contributed by atoms with E-state index in [0.29, 0.717) is 17.7 Å². The summed E-state index contributed by atoms with van der Waals surface area (Å²) in [6, 6.07) is 6.48. The van der Waals surface area contributed by atoms with Gasteiger partial charge in [0.15, 0.2) is 0 Å². The number of nitrogens with one attached hydrogen (secondary N) is 2. The standard InChI is InChI=1S/C17H23N3O4/c1-18-15(21)11-20-9-7-14(8-10-20)19-16(22)12-3-5-13(6-4-12)17(23)24-2/h3-6,14H,7-11H2,1-2H3,(H,18,21)(H,19,22). The van der Waals surface area contributed by atoms with E-state index in [1.165, 1.54) is 7.11 Å². The largest absolute Gasteiger partial charge is 0.465 e. The van der Waals surface area contributed by atoms with Gasteiger partial charge in [-0.05, 0) is 37.1 Å². The Morgan fingerprint density at radius 3 is 2.25 bits per heavy atom. The second-order valence-electron chi connectivity index (χ2n) is 5.77. The minimum absolute atomic E-state index is 0.00295. The first-order valence-corrected chi connectivity index (χ1v) is 7.95. The van der Waals surface area contributed by atoms with Crippen LogP contribution in [0.3, 0.4) is 0 Å². The van der Waals surface area contributed by atoms with Gasteiger partial charge >= 0.3 is 5.97 Å². The van der Waals surface area contributed by atoms with Crippen molar-refractivity contribution in [3.63, 3.8) is 0 Å². The number of carbonyl (C=O) groups excluding carboxylic acids is 3. The van der Waals surface area contributed by atoms with Crippen molar-refractivity contribution in [2.75, 3.05) is 33.8 Å². The number of methoxy groups -OCH3 is 1. The molecule has 130 valence electrons. The third-order valence-electron chi connectivity index (χ3n) is 4.14. The number of rotatable bonds is 5. The Balaban J connectivity index is 1.83. The molecule has 0 saturated carbocycles. The summed E-state index contributed by atoms with van der Waals surface area (Å²) in [5, 5.41) is 5.61. The van der Waals surface area contributed by atoms with Crippen LogP contribution in [-0.2, 0) is 9.53 Å². The summed E-state index contributed by atoms with van der Waals surface area (Å²) in [5.41, 5.74) is 0.923. The topological polar surface area (TPSA) is 87.7 Å². The van der Waals surface area contributed by atoms with Gasteiger partial charge in [0, 0.05) is 31.7 Å². The Bertz CT molecular complexity index is 592. The molecule has 1 saturated heterocycles. The number of ether oxygens (including phenoxy) is 1. The van der Waals surface area contributed by atoms with E-state index in [-0.39, 0.29) is 17.9 Å². The maximum atomic E-state index is 12.3. The normalized spacial score (nSPS) is 15.6. The van der Waals surface area contributed by atoms with Gasteiger partial charge in [-0.2, -0.15) is 0 Å². The number of likely N-dealkylation sites (N-methyl/N-ethyl adjacent to an activating group) is 1. The molecular formula is C17H23N3O4. The summed E-state index contributed by atoms with van der Waals surface area (Å²) in [5.74, 6) is -0.579. The Kier molecular flexibility index (Phi) is 6.31. The number of hydrogen-bond donors (Lipinski definition) is 2. The van der Waals surface area contributed by atoms with Crippen LogP contribution in [0.4, 0.5) is 0 Å². The second-order valence-corrected chi connectivity index (χ2v) is 5.77. The molecule has 7 nitrogen and oxygen atoms in total. The molecule has 2 N–H and O–H groups in total. The minimum atomic E-state index is -0.426. The van der Waals surface area contributed by atoms with E-state index in [2.05, 4.69) is 20.3 Å². The second kappa shape index (κ2) is 8.44. The summed E-state index contributed by atoms with van der Waals surface area (Å²) in [4.78, 5) is 37.1. The zero-order valence-corrected chi connectivity index (χ0v) is 14.0. The molecule has 1 fully saturated rings. The van der Waals surface area contributed by atoms with Crippen molar-refractivity contribution in [3.8, 4) is 0 Å². The van der Waals surface area contributed by atoms with Crippen LogP contribution in [0.15, 0.2) is 24.3 Å². The van der Waals surface area contributed by atoms with E-state index >= 15 is 0 Å².